The van der Waals surface area contributed by atoms with Gasteiger partial charge in [0.05, 0.1) is 12.1 Å². The molecule has 1 fully saturated rings. The predicted molar refractivity (Wildman–Crippen MR) is 125 cm³/mol. The fourth-order valence-electron chi connectivity index (χ4n) is 5.59. The second-order valence-electron chi connectivity index (χ2n) is 9.23. The lowest BCUT2D eigenvalue weighted by molar-refractivity contribution is -0.136. The number of aromatic nitrogens is 2. The zero-order valence-corrected chi connectivity index (χ0v) is 19.1. The number of carbonyl (C=O) groups excluding carboxylic acids is 1. The molecule has 4 atom stereocenters. The van der Waals surface area contributed by atoms with Crippen LogP contribution in [0.15, 0.2) is 65.7 Å². The van der Waals surface area contributed by atoms with Crippen molar-refractivity contribution in [1.29, 1.82) is 0 Å². The van der Waals surface area contributed by atoms with Gasteiger partial charge in [0.2, 0.25) is 5.91 Å². The maximum absolute atomic E-state index is 14.6. The molecular weight excluding hydrogens is 435 g/mol. The molecule has 0 aliphatic carbocycles. The van der Waals surface area contributed by atoms with Gasteiger partial charge in [0.15, 0.2) is 0 Å². The Labute approximate surface area is 197 Å². The Bertz CT molecular complexity index is 1280. The van der Waals surface area contributed by atoms with Gasteiger partial charge in [-0.15, -0.1) is 0 Å². The van der Waals surface area contributed by atoms with Gasteiger partial charge in [0.1, 0.15) is 5.82 Å². The molecule has 2 aromatic heterocycles. The summed E-state index contributed by atoms with van der Waals surface area (Å²) in [6.45, 7) is 0.396. The number of amides is 1. The smallest absolute Gasteiger partial charge is 0.258 e. The minimum atomic E-state index is -0.614. The van der Waals surface area contributed by atoms with Gasteiger partial charge in [0.25, 0.3) is 5.56 Å². The number of hydrogen-bond acceptors (Lipinski definition) is 5. The Kier molecular flexibility index (Phi) is 5.79. The van der Waals surface area contributed by atoms with Gasteiger partial charge in [-0.3, -0.25) is 19.5 Å². The van der Waals surface area contributed by atoms with Crippen molar-refractivity contribution in [3.05, 3.63) is 88.4 Å². The monoisotopic (exact) mass is 462 g/mol. The van der Waals surface area contributed by atoms with E-state index < -0.39 is 6.04 Å². The van der Waals surface area contributed by atoms with E-state index >= 15 is 0 Å². The topological polar surface area (TPSA) is 78.7 Å². The lowest BCUT2D eigenvalue weighted by atomic mass is 9.88. The highest BCUT2D eigenvalue weighted by molar-refractivity contribution is 5.82. The molecule has 34 heavy (non-hydrogen) atoms. The first-order chi connectivity index (χ1) is 16.4. The van der Waals surface area contributed by atoms with Gasteiger partial charge in [0, 0.05) is 80.4 Å². The van der Waals surface area contributed by atoms with Crippen LogP contribution >= 0.6 is 0 Å². The van der Waals surface area contributed by atoms with E-state index in [0.29, 0.717) is 17.7 Å². The van der Waals surface area contributed by atoms with Crippen molar-refractivity contribution < 1.29 is 14.3 Å². The summed E-state index contributed by atoms with van der Waals surface area (Å²) < 4.78 is 16.4. The van der Waals surface area contributed by atoms with Gasteiger partial charge >= 0.3 is 0 Å². The number of rotatable bonds is 5. The van der Waals surface area contributed by atoms with Crippen LogP contribution in [-0.2, 0) is 17.9 Å². The van der Waals surface area contributed by atoms with Gasteiger partial charge in [-0.05, 0) is 24.3 Å². The van der Waals surface area contributed by atoms with Crippen LogP contribution in [0, 0.1) is 17.7 Å². The predicted octanol–water partition coefficient (Wildman–Crippen LogP) is 2.30. The molecule has 1 saturated heterocycles. The fourth-order valence-corrected chi connectivity index (χ4v) is 5.59. The molecule has 0 unspecified atom stereocenters. The molecule has 1 N–H and O–H groups in total. The molecule has 7 nitrogen and oxygen atoms in total. The first kappa shape index (κ1) is 22.4. The molecule has 0 radical (unpaired) electrons. The van der Waals surface area contributed by atoms with E-state index in [1.54, 1.807) is 61.4 Å². The second kappa shape index (κ2) is 8.77. The van der Waals surface area contributed by atoms with E-state index in [1.807, 2.05) is 17.0 Å². The Hall–Kier alpha value is -3.36. The fraction of sp³-hybridized carbons (Fsp3) is 0.346. The lowest BCUT2D eigenvalue weighted by Crippen LogP contribution is -2.47. The number of nitrogens with zero attached hydrogens (tertiary/aromatic N) is 4. The van der Waals surface area contributed by atoms with E-state index in [0.717, 1.165) is 11.3 Å². The summed E-state index contributed by atoms with van der Waals surface area (Å²) in [6.07, 6.45) is 3.32. The minimum absolute atomic E-state index is 0.127. The van der Waals surface area contributed by atoms with Crippen molar-refractivity contribution in [2.75, 3.05) is 20.7 Å². The highest BCUT2D eigenvalue weighted by Crippen LogP contribution is 2.50. The molecule has 0 bridgehead atoms. The number of halogens is 1. The van der Waals surface area contributed by atoms with Crippen molar-refractivity contribution in [2.45, 2.75) is 25.2 Å². The summed E-state index contributed by atoms with van der Waals surface area (Å²) in [4.78, 5) is 34.3. The molecule has 2 aliphatic heterocycles. The largest absolute Gasteiger partial charge is 0.396 e. The van der Waals surface area contributed by atoms with Crippen LogP contribution in [-0.4, -0.2) is 57.1 Å². The molecule has 8 heteroatoms. The Morgan fingerprint density at radius 1 is 1.18 bits per heavy atom. The molecular formula is C26H27FN4O3. The number of likely N-dealkylation sites (N-methyl/N-ethyl adjacent to an activating group) is 1. The number of pyridine rings is 2. The second-order valence-corrected chi connectivity index (χ2v) is 9.23. The number of carbonyl (C=O) groups is 1. The van der Waals surface area contributed by atoms with Crippen molar-refractivity contribution in [2.24, 2.45) is 11.8 Å². The van der Waals surface area contributed by atoms with E-state index in [9.17, 15) is 19.1 Å². The van der Waals surface area contributed by atoms with E-state index in [-0.39, 0.29) is 48.3 Å². The van der Waals surface area contributed by atoms with E-state index in [1.165, 1.54) is 11.0 Å². The highest BCUT2D eigenvalue weighted by atomic mass is 19.1. The van der Waals surface area contributed by atoms with Gasteiger partial charge in [-0.2, -0.15) is 0 Å². The van der Waals surface area contributed by atoms with Crippen molar-refractivity contribution in [3.8, 4) is 11.1 Å². The number of aliphatic hydroxyl groups is 1. The Balaban J connectivity index is 1.62. The summed E-state index contributed by atoms with van der Waals surface area (Å²) >= 11 is 0. The number of likely N-dealkylation sites (tertiary alicyclic amines) is 1. The van der Waals surface area contributed by atoms with Crippen molar-refractivity contribution in [3.63, 3.8) is 0 Å². The Morgan fingerprint density at radius 2 is 1.97 bits per heavy atom. The van der Waals surface area contributed by atoms with Gasteiger partial charge in [-0.25, -0.2) is 4.39 Å². The molecule has 1 amide bonds. The van der Waals surface area contributed by atoms with Crippen LogP contribution in [0.25, 0.3) is 11.1 Å². The third-order valence-electron chi connectivity index (χ3n) is 7.17. The molecule has 0 saturated carbocycles. The van der Waals surface area contributed by atoms with Crippen LogP contribution in [0.3, 0.4) is 0 Å². The molecule has 2 aliphatic rings. The zero-order valence-electron chi connectivity index (χ0n) is 19.1. The summed E-state index contributed by atoms with van der Waals surface area (Å²) in [5.74, 6) is -1.01. The first-order valence-corrected chi connectivity index (χ1v) is 11.4. The third kappa shape index (κ3) is 3.54. The molecule has 176 valence electrons. The molecule has 1 aromatic carbocycles. The summed E-state index contributed by atoms with van der Waals surface area (Å²) in [5, 5.41) is 10.4. The zero-order chi connectivity index (χ0) is 24.0. The summed E-state index contributed by atoms with van der Waals surface area (Å²) in [7, 11) is 3.37. The number of hydrogen-bond donors (Lipinski definition) is 1. The quantitative estimate of drug-likeness (QED) is 0.630. The molecule has 0 spiro atoms. The van der Waals surface area contributed by atoms with Gasteiger partial charge < -0.3 is 14.6 Å². The van der Waals surface area contributed by atoms with Crippen molar-refractivity contribution >= 4 is 5.91 Å². The van der Waals surface area contributed by atoms with Gasteiger partial charge in [-0.1, -0.05) is 24.3 Å². The highest BCUT2D eigenvalue weighted by Gasteiger charge is 2.55. The SMILES string of the molecule is CN(C)C(=O)[C@@H]1[C@@H](CO)[C@@H]2Cn3c(ccc(-c4cccnc4)c3=O)[C@@H]2N1Cc1ccccc1F. The molecule has 3 aromatic rings. The number of benzene rings is 1. The summed E-state index contributed by atoms with van der Waals surface area (Å²) in [5.41, 5.74) is 2.43. The maximum Gasteiger partial charge on any atom is 0.258 e. The van der Waals surface area contributed by atoms with Crippen LogP contribution in [0.5, 0.6) is 0 Å². The van der Waals surface area contributed by atoms with E-state index in [2.05, 4.69) is 4.98 Å². The minimum Gasteiger partial charge on any atom is -0.396 e. The Morgan fingerprint density at radius 3 is 2.65 bits per heavy atom. The normalized spacial score (nSPS) is 23.5. The van der Waals surface area contributed by atoms with Crippen LogP contribution in [0.1, 0.15) is 17.3 Å². The van der Waals surface area contributed by atoms with Crippen LogP contribution in [0.4, 0.5) is 4.39 Å². The number of aliphatic hydroxyl groups excluding tert-OH is 1. The molecule has 4 heterocycles. The average molecular weight is 463 g/mol. The molecule has 5 rings (SSSR count). The number of fused-ring (bicyclic) bond motifs is 3. The van der Waals surface area contributed by atoms with Crippen LogP contribution < -0.4 is 5.56 Å². The standard InChI is InChI=1S/C26H27FN4O3/c1-29(2)26(34)24-20(15-32)19-14-30-22(10-9-18(25(30)33)16-7-5-11-28-12-16)23(19)31(24)13-17-6-3-4-8-21(17)27/h3-12,19-20,23-24,32H,13-15H2,1-2H3/t19-,20-,23+,24-/m0/s1. The van der Waals surface area contributed by atoms with Crippen LogP contribution in [0.2, 0.25) is 0 Å². The summed E-state index contributed by atoms with van der Waals surface area (Å²) in [6, 6.07) is 13.0. The lowest BCUT2D eigenvalue weighted by Gasteiger charge is -2.32. The average Bonchev–Trinajstić information content (AvgIpc) is 3.36. The van der Waals surface area contributed by atoms with Crippen molar-refractivity contribution in [1.82, 2.24) is 19.4 Å². The maximum atomic E-state index is 14.6. The van der Waals surface area contributed by atoms with E-state index in [4.69, 9.17) is 0 Å². The first-order valence-electron chi connectivity index (χ1n) is 11.4. The third-order valence-corrected chi connectivity index (χ3v) is 7.17.